The van der Waals surface area contributed by atoms with Gasteiger partial charge in [0.1, 0.15) is 0 Å². The predicted molar refractivity (Wildman–Crippen MR) is 79.8 cm³/mol. The SMILES string of the molecule is CCNCCCCS(=O)(=O)N(C)CC1CCCN1C. The third-order valence-corrected chi connectivity index (χ3v) is 5.77. The fourth-order valence-corrected chi connectivity index (χ4v) is 3.77. The highest BCUT2D eigenvalue weighted by atomic mass is 32.2. The van der Waals surface area contributed by atoms with Gasteiger partial charge in [0.25, 0.3) is 0 Å². The van der Waals surface area contributed by atoms with Crippen LogP contribution in [0.3, 0.4) is 0 Å². The van der Waals surface area contributed by atoms with Gasteiger partial charge in [-0.05, 0) is 52.4 Å². The Bertz CT molecular complexity index is 346. The monoisotopic (exact) mass is 291 g/mol. The molecule has 0 aromatic heterocycles. The van der Waals surface area contributed by atoms with Gasteiger partial charge in [-0.25, -0.2) is 12.7 Å². The van der Waals surface area contributed by atoms with Crippen molar-refractivity contribution in [3.05, 3.63) is 0 Å². The number of likely N-dealkylation sites (tertiary alicyclic amines) is 1. The Balaban J connectivity index is 2.30. The minimum Gasteiger partial charge on any atom is -0.317 e. The summed E-state index contributed by atoms with van der Waals surface area (Å²) in [6, 6.07) is 0.390. The van der Waals surface area contributed by atoms with E-state index in [-0.39, 0.29) is 5.75 Å². The van der Waals surface area contributed by atoms with E-state index in [1.807, 2.05) is 0 Å². The highest BCUT2D eigenvalue weighted by molar-refractivity contribution is 7.89. The molecule has 1 unspecified atom stereocenters. The molecule has 19 heavy (non-hydrogen) atoms. The zero-order chi connectivity index (χ0) is 14.3. The van der Waals surface area contributed by atoms with E-state index in [9.17, 15) is 8.42 Å². The van der Waals surface area contributed by atoms with E-state index in [0.717, 1.165) is 38.9 Å². The van der Waals surface area contributed by atoms with Gasteiger partial charge in [-0.2, -0.15) is 0 Å². The molecule has 0 saturated carbocycles. The molecule has 0 aromatic rings. The molecular weight excluding hydrogens is 262 g/mol. The first-order chi connectivity index (χ1) is 8.97. The molecule has 6 heteroatoms. The Kier molecular flexibility index (Phi) is 7.28. The van der Waals surface area contributed by atoms with E-state index >= 15 is 0 Å². The fraction of sp³-hybridized carbons (Fsp3) is 1.00. The summed E-state index contributed by atoms with van der Waals surface area (Å²) in [6.07, 6.45) is 3.94. The molecule has 1 aliphatic heterocycles. The first kappa shape index (κ1) is 16.9. The van der Waals surface area contributed by atoms with Crippen LogP contribution in [-0.2, 0) is 10.0 Å². The highest BCUT2D eigenvalue weighted by Crippen LogP contribution is 2.16. The summed E-state index contributed by atoms with van der Waals surface area (Å²) < 4.78 is 25.8. The summed E-state index contributed by atoms with van der Waals surface area (Å²) in [7, 11) is 0.713. The maximum absolute atomic E-state index is 12.1. The summed E-state index contributed by atoms with van der Waals surface area (Å²) in [5.74, 6) is 0.269. The van der Waals surface area contributed by atoms with E-state index in [1.54, 1.807) is 11.4 Å². The Morgan fingerprint density at radius 1 is 1.37 bits per heavy atom. The molecule has 0 amide bonds. The standard InChI is InChI=1S/C13H29N3O2S/c1-4-14-9-5-6-11-19(17,18)16(3)12-13-8-7-10-15(13)2/h13-14H,4-12H2,1-3H3. The fourth-order valence-electron chi connectivity index (χ4n) is 2.49. The molecule has 0 radical (unpaired) electrons. The smallest absolute Gasteiger partial charge is 0.213 e. The highest BCUT2D eigenvalue weighted by Gasteiger charge is 2.26. The van der Waals surface area contributed by atoms with Crippen LogP contribution >= 0.6 is 0 Å². The van der Waals surface area contributed by atoms with Crippen LogP contribution in [0.1, 0.15) is 32.6 Å². The molecule has 0 aliphatic carbocycles. The Morgan fingerprint density at radius 2 is 2.11 bits per heavy atom. The second-order valence-electron chi connectivity index (χ2n) is 5.43. The Morgan fingerprint density at radius 3 is 2.68 bits per heavy atom. The number of hydrogen-bond donors (Lipinski definition) is 1. The van der Waals surface area contributed by atoms with E-state index in [2.05, 4.69) is 24.2 Å². The molecule has 1 N–H and O–H groups in total. The van der Waals surface area contributed by atoms with Gasteiger partial charge in [-0.3, -0.25) is 0 Å². The number of nitrogens with zero attached hydrogens (tertiary/aromatic N) is 2. The number of hydrogen-bond acceptors (Lipinski definition) is 4. The molecule has 1 rings (SSSR count). The number of nitrogens with one attached hydrogen (secondary N) is 1. The minimum absolute atomic E-state index is 0.269. The van der Waals surface area contributed by atoms with Crippen molar-refractivity contribution in [1.29, 1.82) is 0 Å². The largest absolute Gasteiger partial charge is 0.317 e. The molecule has 0 bridgehead atoms. The van der Waals surface area contributed by atoms with E-state index < -0.39 is 10.0 Å². The lowest BCUT2D eigenvalue weighted by atomic mass is 10.2. The molecule has 0 aromatic carbocycles. The topological polar surface area (TPSA) is 52.7 Å². The summed E-state index contributed by atoms with van der Waals surface area (Å²) in [5, 5.41) is 3.21. The quantitative estimate of drug-likeness (QED) is 0.636. The zero-order valence-electron chi connectivity index (χ0n) is 12.6. The van der Waals surface area contributed by atoms with E-state index in [0.29, 0.717) is 12.6 Å². The summed E-state index contributed by atoms with van der Waals surface area (Å²) in [4.78, 5) is 2.26. The van der Waals surface area contributed by atoms with Gasteiger partial charge in [-0.1, -0.05) is 6.92 Å². The van der Waals surface area contributed by atoms with Gasteiger partial charge in [0.15, 0.2) is 0 Å². The zero-order valence-corrected chi connectivity index (χ0v) is 13.4. The normalized spacial score (nSPS) is 21.4. The first-order valence-corrected chi connectivity index (χ1v) is 8.93. The number of likely N-dealkylation sites (N-methyl/N-ethyl adjacent to an activating group) is 2. The molecule has 1 heterocycles. The van der Waals surface area contributed by atoms with Gasteiger partial charge in [-0.15, -0.1) is 0 Å². The lowest BCUT2D eigenvalue weighted by molar-refractivity contribution is 0.271. The maximum Gasteiger partial charge on any atom is 0.213 e. The van der Waals surface area contributed by atoms with Gasteiger partial charge in [0, 0.05) is 19.6 Å². The van der Waals surface area contributed by atoms with E-state index in [1.165, 1.54) is 6.42 Å². The maximum atomic E-state index is 12.1. The molecule has 1 fully saturated rings. The van der Waals surface area contributed by atoms with Crippen molar-refractivity contribution in [2.75, 3.05) is 46.0 Å². The number of unbranched alkanes of at least 4 members (excludes halogenated alkanes) is 1. The molecular formula is C13H29N3O2S. The molecule has 5 nitrogen and oxygen atoms in total. The van der Waals surface area contributed by atoms with E-state index in [4.69, 9.17) is 0 Å². The average molecular weight is 291 g/mol. The molecule has 1 aliphatic rings. The van der Waals surface area contributed by atoms with Gasteiger partial charge in [0.05, 0.1) is 5.75 Å². The third-order valence-electron chi connectivity index (χ3n) is 3.87. The summed E-state index contributed by atoms with van der Waals surface area (Å²) >= 11 is 0. The van der Waals surface area contributed by atoms with Crippen LogP contribution in [0.25, 0.3) is 0 Å². The van der Waals surface area contributed by atoms with Crippen LogP contribution in [0, 0.1) is 0 Å². The molecule has 1 atom stereocenters. The van der Waals surface area contributed by atoms with Crippen LogP contribution in [0.5, 0.6) is 0 Å². The van der Waals surface area contributed by atoms with Crippen LogP contribution < -0.4 is 5.32 Å². The summed E-state index contributed by atoms with van der Waals surface area (Å²) in [6.45, 7) is 5.62. The van der Waals surface area contributed by atoms with Crippen molar-refractivity contribution < 1.29 is 8.42 Å². The van der Waals surface area contributed by atoms with Gasteiger partial charge in [0.2, 0.25) is 10.0 Å². The van der Waals surface area contributed by atoms with Crippen molar-refractivity contribution in [1.82, 2.24) is 14.5 Å². The molecule has 114 valence electrons. The second-order valence-corrected chi connectivity index (χ2v) is 7.63. The van der Waals surface area contributed by atoms with Crippen molar-refractivity contribution in [3.8, 4) is 0 Å². The van der Waals surface area contributed by atoms with Crippen molar-refractivity contribution in [2.24, 2.45) is 0 Å². The first-order valence-electron chi connectivity index (χ1n) is 7.32. The van der Waals surface area contributed by atoms with Crippen LogP contribution in [-0.4, -0.2) is 69.7 Å². The molecule has 0 spiro atoms. The Hall–Kier alpha value is -0.170. The van der Waals surface area contributed by atoms with Crippen LogP contribution in [0.2, 0.25) is 0 Å². The lowest BCUT2D eigenvalue weighted by Gasteiger charge is -2.25. The van der Waals surface area contributed by atoms with Crippen molar-refractivity contribution in [2.45, 2.75) is 38.6 Å². The molecule has 1 saturated heterocycles. The second kappa shape index (κ2) is 8.19. The summed E-state index contributed by atoms with van der Waals surface area (Å²) in [5.41, 5.74) is 0. The van der Waals surface area contributed by atoms with Crippen molar-refractivity contribution in [3.63, 3.8) is 0 Å². The third kappa shape index (κ3) is 5.77. The number of rotatable bonds is 9. The predicted octanol–water partition coefficient (Wildman–Crippen LogP) is 0.732. The van der Waals surface area contributed by atoms with Crippen LogP contribution in [0.15, 0.2) is 0 Å². The van der Waals surface area contributed by atoms with Crippen LogP contribution in [0.4, 0.5) is 0 Å². The minimum atomic E-state index is -3.08. The average Bonchev–Trinajstić information content (AvgIpc) is 2.74. The number of sulfonamides is 1. The lowest BCUT2D eigenvalue weighted by Crippen LogP contribution is -2.40. The van der Waals surface area contributed by atoms with Crippen molar-refractivity contribution >= 4 is 10.0 Å². The van der Waals surface area contributed by atoms with Gasteiger partial charge >= 0.3 is 0 Å². The Labute approximate surface area is 118 Å². The van der Waals surface area contributed by atoms with Gasteiger partial charge < -0.3 is 10.2 Å².